The van der Waals surface area contributed by atoms with Gasteiger partial charge in [-0.05, 0) is 13.0 Å². The fourth-order valence-electron chi connectivity index (χ4n) is 1.80. The van der Waals surface area contributed by atoms with Crippen molar-refractivity contribution >= 4 is 29.5 Å². The van der Waals surface area contributed by atoms with E-state index in [4.69, 9.17) is 9.52 Å². The van der Waals surface area contributed by atoms with E-state index in [1.54, 1.807) is 6.92 Å². The molecule has 0 bridgehead atoms. The molecule has 1 fully saturated rings. The summed E-state index contributed by atoms with van der Waals surface area (Å²) >= 11 is 1.47. The van der Waals surface area contributed by atoms with Gasteiger partial charge in [0.1, 0.15) is 23.6 Å². The number of carbonyl (C=O) groups is 3. The van der Waals surface area contributed by atoms with Crippen molar-refractivity contribution in [1.82, 2.24) is 10.2 Å². The van der Waals surface area contributed by atoms with Crippen LogP contribution in [0.3, 0.4) is 0 Å². The minimum atomic E-state index is -1.07. The van der Waals surface area contributed by atoms with Gasteiger partial charge in [-0.2, -0.15) is 0 Å². The SMILES string of the molecule is Cc1oc(CNC(=O)CN2CSCC2=O)cc1C(=O)O. The van der Waals surface area contributed by atoms with Crippen molar-refractivity contribution in [2.75, 3.05) is 18.2 Å². The van der Waals surface area contributed by atoms with Crippen molar-refractivity contribution in [2.45, 2.75) is 13.5 Å². The fourth-order valence-corrected chi connectivity index (χ4v) is 2.70. The van der Waals surface area contributed by atoms with E-state index in [0.717, 1.165) is 0 Å². The second-order valence-corrected chi connectivity index (χ2v) is 5.29. The molecule has 0 saturated carbocycles. The monoisotopic (exact) mass is 298 g/mol. The molecule has 1 aromatic rings. The van der Waals surface area contributed by atoms with Crippen LogP contribution in [0.5, 0.6) is 0 Å². The minimum absolute atomic E-state index is 0.0112. The van der Waals surface area contributed by atoms with E-state index in [9.17, 15) is 14.4 Å². The van der Waals surface area contributed by atoms with Crippen LogP contribution < -0.4 is 5.32 Å². The van der Waals surface area contributed by atoms with Crippen LogP contribution in [0.1, 0.15) is 21.9 Å². The summed E-state index contributed by atoms with van der Waals surface area (Å²) < 4.78 is 5.24. The summed E-state index contributed by atoms with van der Waals surface area (Å²) in [7, 11) is 0. The van der Waals surface area contributed by atoms with E-state index in [-0.39, 0.29) is 30.5 Å². The number of hydrogen-bond donors (Lipinski definition) is 2. The van der Waals surface area contributed by atoms with Gasteiger partial charge in [0.25, 0.3) is 0 Å². The molecule has 0 atom stereocenters. The lowest BCUT2D eigenvalue weighted by atomic mass is 10.2. The molecular weight excluding hydrogens is 284 g/mol. The summed E-state index contributed by atoms with van der Waals surface area (Å²) in [6.45, 7) is 1.66. The number of carbonyl (C=O) groups excluding carboxylic acids is 2. The Bertz CT molecular complexity index is 554. The van der Waals surface area contributed by atoms with Gasteiger partial charge in [0, 0.05) is 0 Å². The zero-order chi connectivity index (χ0) is 14.7. The van der Waals surface area contributed by atoms with Crippen LogP contribution in [0.2, 0.25) is 0 Å². The Morgan fingerprint density at radius 2 is 2.30 bits per heavy atom. The number of aryl methyl sites for hydroxylation is 1. The third kappa shape index (κ3) is 3.32. The highest BCUT2D eigenvalue weighted by atomic mass is 32.2. The van der Waals surface area contributed by atoms with Crippen LogP contribution in [0.4, 0.5) is 0 Å². The van der Waals surface area contributed by atoms with Gasteiger partial charge < -0.3 is 19.7 Å². The molecule has 1 saturated heterocycles. The molecule has 108 valence electrons. The molecule has 20 heavy (non-hydrogen) atoms. The number of carboxylic acids is 1. The van der Waals surface area contributed by atoms with Crippen LogP contribution in [-0.4, -0.2) is 46.0 Å². The van der Waals surface area contributed by atoms with Crippen LogP contribution in [0.15, 0.2) is 10.5 Å². The lowest BCUT2D eigenvalue weighted by Gasteiger charge is -2.13. The molecule has 0 aromatic carbocycles. The summed E-state index contributed by atoms with van der Waals surface area (Å²) in [5.74, 6) is 0.188. The molecule has 7 nitrogen and oxygen atoms in total. The van der Waals surface area contributed by atoms with E-state index in [0.29, 0.717) is 23.2 Å². The quantitative estimate of drug-likeness (QED) is 0.818. The van der Waals surface area contributed by atoms with Crippen LogP contribution in [-0.2, 0) is 16.1 Å². The summed E-state index contributed by atoms with van der Waals surface area (Å²) in [6.07, 6.45) is 0. The van der Waals surface area contributed by atoms with Crippen molar-refractivity contribution in [3.63, 3.8) is 0 Å². The number of furan rings is 1. The molecule has 1 aromatic heterocycles. The largest absolute Gasteiger partial charge is 0.478 e. The predicted octanol–water partition coefficient (Wildman–Crippen LogP) is 0.435. The number of hydrogen-bond acceptors (Lipinski definition) is 5. The number of rotatable bonds is 5. The van der Waals surface area contributed by atoms with Gasteiger partial charge in [0.15, 0.2) is 0 Å². The van der Waals surface area contributed by atoms with E-state index in [2.05, 4.69) is 5.32 Å². The van der Waals surface area contributed by atoms with E-state index in [1.807, 2.05) is 0 Å². The van der Waals surface area contributed by atoms with E-state index >= 15 is 0 Å². The van der Waals surface area contributed by atoms with Crippen molar-refractivity contribution in [2.24, 2.45) is 0 Å². The zero-order valence-electron chi connectivity index (χ0n) is 10.8. The van der Waals surface area contributed by atoms with Gasteiger partial charge in [-0.1, -0.05) is 0 Å². The Labute approximate surface area is 119 Å². The Kier molecular flexibility index (Phi) is 4.33. The topological polar surface area (TPSA) is 99.9 Å². The van der Waals surface area contributed by atoms with Gasteiger partial charge in [0.05, 0.1) is 18.2 Å². The lowest BCUT2D eigenvalue weighted by Crippen LogP contribution is -2.37. The molecule has 1 aliphatic heterocycles. The first-order chi connectivity index (χ1) is 9.47. The molecule has 0 aliphatic carbocycles. The maximum absolute atomic E-state index is 11.7. The Balaban J connectivity index is 1.85. The molecule has 2 rings (SSSR count). The first kappa shape index (κ1) is 14.4. The van der Waals surface area contributed by atoms with Crippen LogP contribution >= 0.6 is 11.8 Å². The van der Waals surface area contributed by atoms with Crippen molar-refractivity contribution < 1.29 is 23.9 Å². The van der Waals surface area contributed by atoms with Gasteiger partial charge in [0.2, 0.25) is 11.8 Å². The highest BCUT2D eigenvalue weighted by Gasteiger charge is 2.23. The van der Waals surface area contributed by atoms with Gasteiger partial charge in [-0.15, -0.1) is 11.8 Å². The predicted molar refractivity (Wildman–Crippen MR) is 71.3 cm³/mol. The molecule has 2 N–H and O–H groups in total. The van der Waals surface area contributed by atoms with Crippen molar-refractivity contribution in [3.8, 4) is 0 Å². The molecule has 0 radical (unpaired) electrons. The van der Waals surface area contributed by atoms with Gasteiger partial charge in [-0.3, -0.25) is 9.59 Å². The summed E-state index contributed by atoms with van der Waals surface area (Å²) in [4.78, 5) is 35.3. The smallest absolute Gasteiger partial charge is 0.339 e. The number of carboxylic acid groups (broad SMARTS) is 1. The first-order valence-corrected chi connectivity index (χ1v) is 7.07. The zero-order valence-corrected chi connectivity index (χ0v) is 11.7. The van der Waals surface area contributed by atoms with Gasteiger partial charge in [-0.25, -0.2) is 4.79 Å². The maximum atomic E-state index is 11.7. The molecule has 2 heterocycles. The number of nitrogens with one attached hydrogen (secondary N) is 1. The molecule has 2 amide bonds. The molecule has 8 heteroatoms. The summed E-state index contributed by atoms with van der Waals surface area (Å²) in [5.41, 5.74) is 0.0837. The first-order valence-electron chi connectivity index (χ1n) is 5.92. The fraction of sp³-hybridized carbons (Fsp3) is 0.417. The average Bonchev–Trinajstić information content (AvgIpc) is 2.94. The lowest BCUT2D eigenvalue weighted by molar-refractivity contribution is -0.132. The van der Waals surface area contributed by atoms with Crippen molar-refractivity contribution in [1.29, 1.82) is 0 Å². The van der Waals surface area contributed by atoms with Crippen molar-refractivity contribution in [3.05, 3.63) is 23.2 Å². The molecular formula is C12H14N2O5S. The summed E-state index contributed by atoms with van der Waals surface area (Å²) in [6, 6.07) is 1.38. The standard InChI is InChI=1S/C12H14N2O5S/c1-7-9(12(17)18)2-8(19-7)3-13-10(15)4-14-6-20-5-11(14)16/h2H,3-6H2,1H3,(H,13,15)(H,17,18). The molecule has 0 spiro atoms. The Morgan fingerprint density at radius 1 is 1.55 bits per heavy atom. The second-order valence-electron chi connectivity index (χ2n) is 4.33. The number of nitrogens with zero attached hydrogens (tertiary/aromatic N) is 1. The van der Waals surface area contributed by atoms with E-state index in [1.165, 1.54) is 22.7 Å². The maximum Gasteiger partial charge on any atom is 0.339 e. The number of thioether (sulfide) groups is 1. The van der Waals surface area contributed by atoms with Crippen LogP contribution in [0, 0.1) is 6.92 Å². The highest BCUT2D eigenvalue weighted by molar-refractivity contribution is 8.00. The third-order valence-corrected chi connectivity index (χ3v) is 3.76. The highest BCUT2D eigenvalue weighted by Crippen LogP contribution is 2.15. The molecule has 0 unspecified atom stereocenters. The van der Waals surface area contributed by atoms with Gasteiger partial charge >= 0.3 is 5.97 Å². The third-order valence-electron chi connectivity index (χ3n) is 2.82. The Morgan fingerprint density at radius 3 is 2.85 bits per heavy atom. The molecule has 1 aliphatic rings. The normalized spacial score (nSPS) is 14.7. The average molecular weight is 298 g/mol. The van der Waals surface area contributed by atoms with E-state index < -0.39 is 5.97 Å². The summed E-state index contributed by atoms with van der Waals surface area (Å²) in [5, 5.41) is 11.5. The number of aromatic carboxylic acids is 1. The Hall–Kier alpha value is -1.96. The second kappa shape index (κ2) is 6.00. The minimum Gasteiger partial charge on any atom is -0.478 e. The van der Waals surface area contributed by atoms with Crippen LogP contribution in [0.25, 0.3) is 0 Å². The number of amides is 2.